The molecule has 0 bridgehead atoms. The number of nitrogens with two attached hydrogens (primary N) is 1. The largest absolute Gasteiger partial charge is 0.397 e. The topological polar surface area (TPSA) is 88.3 Å². The highest BCUT2D eigenvalue weighted by Gasteiger charge is 2.22. The van der Waals surface area contributed by atoms with Gasteiger partial charge in [-0.3, -0.25) is 14.6 Å². The van der Waals surface area contributed by atoms with E-state index in [0.29, 0.717) is 17.1 Å². The lowest BCUT2D eigenvalue weighted by molar-refractivity contribution is -0.131. The van der Waals surface area contributed by atoms with Crippen molar-refractivity contribution < 1.29 is 9.59 Å². The highest BCUT2D eigenvalue weighted by atomic mass is 32.1. The van der Waals surface area contributed by atoms with Gasteiger partial charge in [-0.25, -0.2) is 0 Å². The SMILES string of the molecule is CCN(C)C(=O)C(C)NC(=O)c1sc2cnccc2c1N. The van der Waals surface area contributed by atoms with Crippen LogP contribution in [0.25, 0.3) is 10.1 Å². The van der Waals surface area contributed by atoms with Gasteiger partial charge in [-0.1, -0.05) is 0 Å². The van der Waals surface area contributed by atoms with E-state index in [1.165, 1.54) is 11.3 Å². The summed E-state index contributed by atoms with van der Waals surface area (Å²) in [5.74, 6) is -0.466. The minimum Gasteiger partial charge on any atom is -0.397 e. The van der Waals surface area contributed by atoms with E-state index in [1.807, 2.05) is 6.92 Å². The predicted octanol–water partition coefficient (Wildman–Crippen LogP) is 1.48. The highest BCUT2D eigenvalue weighted by Crippen LogP contribution is 2.32. The van der Waals surface area contributed by atoms with Crippen molar-refractivity contribution in [3.05, 3.63) is 23.3 Å². The van der Waals surface area contributed by atoms with E-state index in [0.717, 1.165) is 10.1 Å². The van der Waals surface area contributed by atoms with Crippen LogP contribution in [0.5, 0.6) is 0 Å². The van der Waals surface area contributed by atoms with Gasteiger partial charge >= 0.3 is 0 Å². The molecule has 0 spiro atoms. The second-order valence-corrected chi connectivity index (χ2v) is 5.82. The fraction of sp³-hybridized carbons (Fsp3) is 0.357. The van der Waals surface area contributed by atoms with Crippen LogP contribution in [0.3, 0.4) is 0 Å². The molecule has 0 fully saturated rings. The monoisotopic (exact) mass is 306 g/mol. The zero-order valence-electron chi connectivity index (χ0n) is 12.2. The van der Waals surface area contributed by atoms with Gasteiger partial charge in [0.1, 0.15) is 10.9 Å². The fourth-order valence-electron chi connectivity index (χ4n) is 1.95. The van der Waals surface area contributed by atoms with Gasteiger partial charge in [-0.05, 0) is 19.9 Å². The lowest BCUT2D eigenvalue weighted by Gasteiger charge is -2.20. The molecule has 3 N–H and O–H groups in total. The Labute approximate surface area is 127 Å². The first kappa shape index (κ1) is 15.2. The number of carbonyl (C=O) groups excluding carboxylic acids is 2. The number of likely N-dealkylation sites (N-methyl/N-ethyl adjacent to an activating group) is 1. The van der Waals surface area contributed by atoms with E-state index in [4.69, 9.17) is 5.73 Å². The molecular weight excluding hydrogens is 288 g/mol. The first-order valence-corrected chi connectivity index (χ1v) is 7.45. The summed E-state index contributed by atoms with van der Waals surface area (Å²) in [4.78, 5) is 30.2. The van der Waals surface area contributed by atoms with Gasteiger partial charge in [-0.15, -0.1) is 11.3 Å². The van der Waals surface area contributed by atoms with Crippen LogP contribution in [-0.2, 0) is 4.79 Å². The molecule has 0 aromatic carbocycles. The average Bonchev–Trinajstić information content (AvgIpc) is 2.83. The molecule has 1 atom stereocenters. The molecule has 21 heavy (non-hydrogen) atoms. The zero-order valence-corrected chi connectivity index (χ0v) is 13.0. The third kappa shape index (κ3) is 2.97. The van der Waals surface area contributed by atoms with E-state index in [9.17, 15) is 9.59 Å². The first-order chi connectivity index (χ1) is 9.95. The van der Waals surface area contributed by atoms with Gasteiger partial charge < -0.3 is 16.0 Å². The summed E-state index contributed by atoms with van der Waals surface area (Å²) in [6.07, 6.45) is 3.31. The summed E-state index contributed by atoms with van der Waals surface area (Å²) < 4.78 is 0.852. The number of hydrogen-bond donors (Lipinski definition) is 2. The Balaban J connectivity index is 2.19. The number of nitrogens with one attached hydrogen (secondary N) is 1. The molecule has 2 heterocycles. The van der Waals surface area contributed by atoms with E-state index in [1.54, 1.807) is 37.3 Å². The van der Waals surface area contributed by atoms with E-state index in [-0.39, 0.29) is 11.8 Å². The third-order valence-electron chi connectivity index (χ3n) is 3.31. The van der Waals surface area contributed by atoms with Gasteiger partial charge in [0, 0.05) is 31.4 Å². The summed E-state index contributed by atoms with van der Waals surface area (Å²) in [6, 6.07) is 1.18. The van der Waals surface area contributed by atoms with Crippen LogP contribution >= 0.6 is 11.3 Å². The highest BCUT2D eigenvalue weighted by molar-refractivity contribution is 7.21. The second-order valence-electron chi connectivity index (χ2n) is 4.76. The maximum absolute atomic E-state index is 12.3. The number of pyridine rings is 1. The Morgan fingerprint density at radius 3 is 2.86 bits per heavy atom. The number of nitrogens with zero attached hydrogens (tertiary/aromatic N) is 2. The minimum absolute atomic E-state index is 0.132. The summed E-state index contributed by atoms with van der Waals surface area (Å²) in [7, 11) is 1.70. The quantitative estimate of drug-likeness (QED) is 0.895. The number of aromatic nitrogens is 1. The molecule has 1 unspecified atom stereocenters. The lowest BCUT2D eigenvalue weighted by atomic mass is 10.2. The van der Waals surface area contributed by atoms with Crippen LogP contribution in [0.1, 0.15) is 23.5 Å². The van der Waals surface area contributed by atoms with E-state index in [2.05, 4.69) is 10.3 Å². The molecule has 112 valence electrons. The molecule has 2 rings (SSSR count). The Hall–Kier alpha value is -2.15. The zero-order chi connectivity index (χ0) is 15.6. The number of nitrogen functional groups attached to an aromatic ring is 1. The first-order valence-electron chi connectivity index (χ1n) is 6.63. The van der Waals surface area contributed by atoms with Crippen molar-refractivity contribution in [2.45, 2.75) is 19.9 Å². The molecule has 7 heteroatoms. The number of fused-ring (bicyclic) bond motifs is 1. The lowest BCUT2D eigenvalue weighted by Crippen LogP contribution is -2.45. The van der Waals surface area contributed by atoms with Crippen molar-refractivity contribution in [3.63, 3.8) is 0 Å². The fourth-order valence-corrected chi connectivity index (χ4v) is 2.94. The molecule has 6 nitrogen and oxygen atoms in total. The van der Waals surface area contributed by atoms with Crippen molar-refractivity contribution in [3.8, 4) is 0 Å². The predicted molar refractivity (Wildman–Crippen MR) is 84.3 cm³/mol. The van der Waals surface area contributed by atoms with Crippen molar-refractivity contribution >= 4 is 38.9 Å². The Bertz CT molecular complexity index is 683. The Morgan fingerprint density at radius 1 is 1.52 bits per heavy atom. The van der Waals surface area contributed by atoms with Crippen LogP contribution in [-0.4, -0.2) is 41.3 Å². The molecule has 0 aliphatic rings. The van der Waals surface area contributed by atoms with Crippen molar-refractivity contribution in [2.75, 3.05) is 19.3 Å². The van der Waals surface area contributed by atoms with Gasteiger partial charge in [0.05, 0.1) is 10.4 Å². The molecule has 2 aromatic heterocycles. The molecular formula is C14H18N4O2S. The molecule has 0 saturated carbocycles. The van der Waals surface area contributed by atoms with Crippen molar-refractivity contribution in [2.24, 2.45) is 0 Å². The van der Waals surface area contributed by atoms with Crippen LogP contribution in [0.2, 0.25) is 0 Å². The van der Waals surface area contributed by atoms with Gasteiger partial charge in [0.25, 0.3) is 5.91 Å². The van der Waals surface area contributed by atoms with Crippen LogP contribution in [0.15, 0.2) is 18.5 Å². The maximum atomic E-state index is 12.3. The van der Waals surface area contributed by atoms with E-state index < -0.39 is 6.04 Å². The molecule has 2 amide bonds. The molecule has 0 aliphatic heterocycles. The Morgan fingerprint density at radius 2 is 2.24 bits per heavy atom. The summed E-state index contributed by atoms with van der Waals surface area (Å²) in [6.45, 7) is 4.14. The van der Waals surface area contributed by atoms with E-state index >= 15 is 0 Å². The second kappa shape index (κ2) is 6.09. The minimum atomic E-state index is -0.592. The number of carbonyl (C=O) groups is 2. The third-order valence-corrected chi connectivity index (χ3v) is 4.46. The Kier molecular flexibility index (Phi) is 4.42. The van der Waals surface area contributed by atoms with Crippen molar-refractivity contribution in [1.29, 1.82) is 0 Å². The van der Waals surface area contributed by atoms with Crippen LogP contribution in [0, 0.1) is 0 Å². The molecule has 0 aliphatic carbocycles. The summed E-state index contributed by atoms with van der Waals surface area (Å²) in [5.41, 5.74) is 6.43. The van der Waals surface area contributed by atoms with Crippen LogP contribution in [0.4, 0.5) is 5.69 Å². The molecule has 0 saturated heterocycles. The molecule has 2 aromatic rings. The number of anilines is 1. The number of amides is 2. The molecule has 0 radical (unpaired) electrons. The average molecular weight is 306 g/mol. The van der Waals surface area contributed by atoms with Gasteiger partial charge in [-0.2, -0.15) is 0 Å². The standard InChI is InChI=1S/C14H18N4O2S/c1-4-18(3)14(20)8(2)17-13(19)12-11(15)9-5-6-16-7-10(9)21-12/h5-8H,4,15H2,1-3H3,(H,17,19). The summed E-state index contributed by atoms with van der Waals surface area (Å²) >= 11 is 1.28. The van der Waals surface area contributed by atoms with Crippen LogP contribution < -0.4 is 11.1 Å². The summed E-state index contributed by atoms with van der Waals surface area (Å²) in [5, 5.41) is 3.50. The maximum Gasteiger partial charge on any atom is 0.264 e. The van der Waals surface area contributed by atoms with Crippen molar-refractivity contribution in [1.82, 2.24) is 15.2 Å². The van der Waals surface area contributed by atoms with Gasteiger partial charge in [0.2, 0.25) is 5.91 Å². The number of hydrogen-bond acceptors (Lipinski definition) is 5. The number of thiophene rings is 1. The normalized spacial score (nSPS) is 12.1. The number of rotatable bonds is 4. The van der Waals surface area contributed by atoms with Gasteiger partial charge in [0.15, 0.2) is 0 Å². The smallest absolute Gasteiger partial charge is 0.264 e.